The molecule has 29 heavy (non-hydrogen) atoms. The first-order chi connectivity index (χ1) is 12.8. The van der Waals surface area contributed by atoms with Gasteiger partial charge in [-0.25, -0.2) is 0 Å². The Labute approximate surface area is 157 Å². The molecule has 0 bridgehead atoms. The van der Waals surface area contributed by atoms with Gasteiger partial charge in [0.15, 0.2) is 0 Å². The van der Waals surface area contributed by atoms with Gasteiger partial charge in [-0.2, -0.15) is 48.3 Å². The Morgan fingerprint density at radius 2 is 1.28 bits per heavy atom. The van der Waals surface area contributed by atoms with Crippen molar-refractivity contribution in [2.45, 2.75) is 48.8 Å². The molecule has 1 aromatic carbocycles. The molecule has 1 atom stereocenters. The molecule has 13 heteroatoms. The topological polar surface area (TPSA) is 18.5 Å². The van der Waals surface area contributed by atoms with Crippen molar-refractivity contribution in [3.8, 4) is 5.75 Å². The molecule has 1 aromatic rings. The zero-order chi connectivity index (χ0) is 23.1. The van der Waals surface area contributed by atoms with Crippen LogP contribution in [0.1, 0.15) is 18.9 Å². The summed E-state index contributed by atoms with van der Waals surface area (Å²) in [6.07, 6.45) is -9.55. The lowest BCUT2D eigenvalue weighted by Gasteiger charge is -2.40. The van der Waals surface area contributed by atoms with Crippen LogP contribution in [-0.4, -0.2) is 44.1 Å². The number of alkyl halides is 11. The van der Waals surface area contributed by atoms with Crippen LogP contribution in [0.2, 0.25) is 0 Å². The maximum absolute atomic E-state index is 14.1. The Hall–Kier alpha value is -1.79. The SMILES string of the molecule is COc1cccc(C(C)(CC(F)(F)C(F)(F)C(F)(F)C(F)(F)C(F)(F)F)OC)c1. The third-order valence-electron chi connectivity index (χ3n) is 4.29. The zero-order valence-electron chi connectivity index (χ0n) is 15.0. The fourth-order valence-electron chi connectivity index (χ4n) is 2.38. The summed E-state index contributed by atoms with van der Waals surface area (Å²) in [7, 11) is 1.89. The molecule has 0 N–H and O–H groups in total. The third-order valence-corrected chi connectivity index (χ3v) is 4.29. The summed E-state index contributed by atoms with van der Waals surface area (Å²) in [6.45, 7) is 0.742. The molecule has 0 spiro atoms. The molecular formula is C16H15F11O2. The molecule has 0 heterocycles. The number of halogens is 11. The minimum atomic E-state index is -7.45. The summed E-state index contributed by atoms with van der Waals surface area (Å²) in [5.74, 6) is -28.0. The van der Waals surface area contributed by atoms with E-state index in [1.54, 1.807) is 0 Å². The Kier molecular flexibility index (Phi) is 6.51. The molecule has 0 aromatic heterocycles. The van der Waals surface area contributed by atoms with Gasteiger partial charge in [0.25, 0.3) is 0 Å². The molecule has 1 unspecified atom stereocenters. The van der Waals surface area contributed by atoms with Crippen LogP contribution in [0.15, 0.2) is 24.3 Å². The summed E-state index contributed by atoms with van der Waals surface area (Å²) < 4.78 is 154. The molecule has 0 radical (unpaired) electrons. The van der Waals surface area contributed by atoms with Crippen LogP contribution in [0.3, 0.4) is 0 Å². The number of methoxy groups -OCH3 is 2. The van der Waals surface area contributed by atoms with Gasteiger partial charge in [-0.15, -0.1) is 0 Å². The molecule has 0 amide bonds. The molecule has 0 aliphatic carbocycles. The second-order valence-electron chi connectivity index (χ2n) is 6.27. The second-order valence-corrected chi connectivity index (χ2v) is 6.27. The summed E-state index contributed by atoms with van der Waals surface area (Å²) in [6, 6.07) is 4.58. The minimum absolute atomic E-state index is 0.0230. The van der Waals surface area contributed by atoms with Crippen molar-refractivity contribution in [2.24, 2.45) is 0 Å². The molecule has 2 nitrogen and oxygen atoms in total. The van der Waals surface area contributed by atoms with E-state index in [0.717, 1.165) is 33.3 Å². The quantitative estimate of drug-likeness (QED) is 0.451. The van der Waals surface area contributed by atoms with E-state index in [9.17, 15) is 48.3 Å². The number of rotatable bonds is 8. The summed E-state index contributed by atoms with van der Waals surface area (Å²) >= 11 is 0. The number of hydrogen-bond acceptors (Lipinski definition) is 2. The smallest absolute Gasteiger partial charge is 0.460 e. The first kappa shape index (κ1) is 25.2. The molecule has 0 aliphatic rings. The molecule has 0 saturated carbocycles. The highest BCUT2D eigenvalue weighted by molar-refractivity contribution is 5.32. The van der Waals surface area contributed by atoms with Crippen LogP contribution in [0.5, 0.6) is 5.75 Å². The van der Waals surface area contributed by atoms with Crippen LogP contribution in [0.4, 0.5) is 48.3 Å². The van der Waals surface area contributed by atoms with Gasteiger partial charge in [-0.1, -0.05) is 12.1 Å². The second kappa shape index (κ2) is 7.47. The predicted octanol–water partition coefficient (Wildman–Crippen LogP) is 6.05. The van der Waals surface area contributed by atoms with Crippen LogP contribution >= 0.6 is 0 Å². The van der Waals surface area contributed by atoms with Gasteiger partial charge in [0, 0.05) is 7.11 Å². The van der Waals surface area contributed by atoms with E-state index in [2.05, 4.69) is 0 Å². The molecule has 0 aliphatic heterocycles. The summed E-state index contributed by atoms with van der Waals surface area (Å²) in [5.41, 5.74) is -2.79. The van der Waals surface area contributed by atoms with Crippen molar-refractivity contribution < 1.29 is 57.8 Å². The summed E-state index contributed by atoms with van der Waals surface area (Å²) in [5, 5.41) is 0. The fourth-order valence-corrected chi connectivity index (χ4v) is 2.38. The van der Waals surface area contributed by atoms with E-state index in [4.69, 9.17) is 9.47 Å². The van der Waals surface area contributed by atoms with E-state index in [-0.39, 0.29) is 11.3 Å². The maximum atomic E-state index is 14.1. The third kappa shape index (κ3) is 4.10. The van der Waals surface area contributed by atoms with Gasteiger partial charge in [0.2, 0.25) is 0 Å². The Balaban J connectivity index is 3.43. The van der Waals surface area contributed by atoms with Crippen LogP contribution < -0.4 is 4.74 Å². The first-order valence-electron chi connectivity index (χ1n) is 7.58. The fraction of sp³-hybridized carbons (Fsp3) is 0.625. The van der Waals surface area contributed by atoms with Gasteiger partial charge in [-0.3, -0.25) is 0 Å². The number of hydrogen-bond donors (Lipinski definition) is 0. The largest absolute Gasteiger partial charge is 0.497 e. The Bertz CT molecular complexity index is 715. The van der Waals surface area contributed by atoms with E-state index in [0.29, 0.717) is 0 Å². The van der Waals surface area contributed by atoms with Crippen molar-refractivity contribution >= 4 is 0 Å². The lowest BCUT2D eigenvalue weighted by atomic mass is 9.84. The van der Waals surface area contributed by atoms with Crippen molar-refractivity contribution in [1.82, 2.24) is 0 Å². The highest BCUT2D eigenvalue weighted by Crippen LogP contribution is 2.59. The maximum Gasteiger partial charge on any atom is 0.460 e. The Morgan fingerprint density at radius 3 is 1.69 bits per heavy atom. The van der Waals surface area contributed by atoms with Gasteiger partial charge in [-0.05, 0) is 24.6 Å². The van der Waals surface area contributed by atoms with E-state index in [1.807, 2.05) is 0 Å². The highest BCUT2D eigenvalue weighted by atomic mass is 19.4. The average molecular weight is 448 g/mol. The number of benzene rings is 1. The van der Waals surface area contributed by atoms with Crippen molar-refractivity contribution in [2.75, 3.05) is 14.2 Å². The predicted molar refractivity (Wildman–Crippen MR) is 77.8 cm³/mol. The van der Waals surface area contributed by atoms with Gasteiger partial charge in [0.1, 0.15) is 5.75 Å². The van der Waals surface area contributed by atoms with E-state index >= 15 is 0 Å². The summed E-state index contributed by atoms with van der Waals surface area (Å²) in [4.78, 5) is 0. The number of ether oxygens (including phenoxy) is 2. The molecule has 0 fully saturated rings. The normalized spacial score (nSPS) is 16.5. The molecule has 0 saturated heterocycles. The van der Waals surface area contributed by atoms with Crippen molar-refractivity contribution in [1.29, 1.82) is 0 Å². The molecular weight excluding hydrogens is 433 g/mol. The molecule has 168 valence electrons. The monoisotopic (exact) mass is 448 g/mol. The van der Waals surface area contributed by atoms with Gasteiger partial charge < -0.3 is 9.47 Å². The zero-order valence-corrected chi connectivity index (χ0v) is 15.0. The first-order valence-corrected chi connectivity index (χ1v) is 7.58. The van der Waals surface area contributed by atoms with Crippen molar-refractivity contribution in [3.63, 3.8) is 0 Å². The standard InChI is InChI=1S/C16H15F11O2/c1-11(29-3,9-5-4-6-10(7-9)28-2)8-12(17,18)13(19,20)14(21,22)15(23,24)16(25,26)27/h4-7H,8H2,1-3H3. The van der Waals surface area contributed by atoms with E-state index in [1.165, 1.54) is 12.1 Å². The Morgan fingerprint density at radius 1 is 0.759 bits per heavy atom. The van der Waals surface area contributed by atoms with Crippen LogP contribution in [-0.2, 0) is 10.3 Å². The van der Waals surface area contributed by atoms with Crippen LogP contribution in [0.25, 0.3) is 0 Å². The minimum Gasteiger partial charge on any atom is -0.497 e. The van der Waals surface area contributed by atoms with Crippen molar-refractivity contribution in [3.05, 3.63) is 29.8 Å². The lowest BCUT2D eigenvalue weighted by molar-refractivity contribution is -0.424. The highest BCUT2D eigenvalue weighted by Gasteiger charge is 2.87. The molecule has 1 rings (SSSR count). The van der Waals surface area contributed by atoms with Crippen LogP contribution in [0, 0.1) is 0 Å². The average Bonchev–Trinajstić information content (AvgIpc) is 2.59. The van der Waals surface area contributed by atoms with Gasteiger partial charge in [0.05, 0.1) is 19.1 Å². The lowest BCUT2D eigenvalue weighted by Crippen LogP contribution is -2.67. The van der Waals surface area contributed by atoms with Gasteiger partial charge >= 0.3 is 29.9 Å². The van der Waals surface area contributed by atoms with E-state index < -0.39 is 41.9 Å².